The Labute approximate surface area is 152 Å². The highest BCUT2D eigenvalue weighted by molar-refractivity contribution is 5.69. The van der Waals surface area contributed by atoms with Crippen LogP contribution in [-0.2, 0) is 10.8 Å². The van der Waals surface area contributed by atoms with Crippen LogP contribution in [0.5, 0.6) is 0 Å². The van der Waals surface area contributed by atoms with Crippen molar-refractivity contribution in [1.29, 1.82) is 0 Å². The quantitative estimate of drug-likeness (QED) is 0.490. The summed E-state index contributed by atoms with van der Waals surface area (Å²) in [5, 5.41) is 0. The van der Waals surface area contributed by atoms with Crippen LogP contribution in [0.3, 0.4) is 0 Å². The molecule has 0 aliphatic heterocycles. The van der Waals surface area contributed by atoms with Crippen LogP contribution in [0.4, 0.5) is 0 Å². The predicted molar refractivity (Wildman–Crippen MR) is 109 cm³/mol. The van der Waals surface area contributed by atoms with Gasteiger partial charge in [0.25, 0.3) is 0 Å². The van der Waals surface area contributed by atoms with Crippen molar-refractivity contribution in [3.05, 3.63) is 78.0 Å². The monoisotopic (exact) mass is 331 g/mol. The second-order valence-electron chi connectivity index (χ2n) is 8.83. The topological polar surface area (TPSA) is 4.93 Å². The zero-order valence-corrected chi connectivity index (χ0v) is 16.3. The summed E-state index contributed by atoms with van der Waals surface area (Å²) in [6.45, 7) is 13.7. The van der Waals surface area contributed by atoms with Gasteiger partial charge in [-0.2, -0.15) is 0 Å². The zero-order chi connectivity index (χ0) is 18.2. The second-order valence-corrected chi connectivity index (χ2v) is 8.83. The molecule has 0 amide bonds. The minimum absolute atomic E-state index is 0.0989. The molecule has 0 N–H and O–H groups in total. The van der Waals surface area contributed by atoms with E-state index in [1.807, 2.05) is 0 Å². The minimum atomic E-state index is 0.0989. The molecular formula is C24H29N. The van der Waals surface area contributed by atoms with Crippen LogP contribution in [0.2, 0.25) is 0 Å². The van der Waals surface area contributed by atoms with Crippen LogP contribution in [0.1, 0.15) is 52.7 Å². The number of benzene rings is 2. The van der Waals surface area contributed by atoms with E-state index in [9.17, 15) is 0 Å². The average Bonchev–Trinajstić information content (AvgIpc) is 3.02. The summed E-state index contributed by atoms with van der Waals surface area (Å²) in [5.41, 5.74) is 6.77. The molecule has 0 aliphatic carbocycles. The smallest absolute Gasteiger partial charge is 0.0531 e. The van der Waals surface area contributed by atoms with Gasteiger partial charge in [-0.3, -0.25) is 0 Å². The third-order valence-corrected chi connectivity index (χ3v) is 4.73. The molecule has 0 fully saturated rings. The fourth-order valence-electron chi connectivity index (χ4n) is 3.49. The van der Waals surface area contributed by atoms with E-state index in [0.717, 1.165) is 0 Å². The first kappa shape index (κ1) is 17.5. The Morgan fingerprint density at radius 2 is 1.16 bits per heavy atom. The first-order valence-electron chi connectivity index (χ1n) is 9.07. The van der Waals surface area contributed by atoms with E-state index in [2.05, 4.69) is 113 Å². The Hall–Kier alpha value is -2.28. The summed E-state index contributed by atoms with van der Waals surface area (Å²) in [6, 6.07) is 21.9. The first-order valence-corrected chi connectivity index (χ1v) is 9.07. The van der Waals surface area contributed by atoms with Crippen LogP contribution in [0, 0.1) is 0 Å². The van der Waals surface area contributed by atoms with Gasteiger partial charge < -0.3 is 4.57 Å². The first-order chi connectivity index (χ1) is 11.7. The van der Waals surface area contributed by atoms with E-state index in [1.165, 1.54) is 28.1 Å². The van der Waals surface area contributed by atoms with Gasteiger partial charge in [-0.25, -0.2) is 0 Å². The van der Waals surface area contributed by atoms with E-state index in [-0.39, 0.29) is 10.8 Å². The average molecular weight is 332 g/mol. The van der Waals surface area contributed by atoms with E-state index in [1.54, 1.807) is 0 Å². The van der Waals surface area contributed by atoms with E-state index in [0.29, 0.717) is 0 Å². The summed E-state index contributed by atoms with van der Waals surface area (Å²) in [6.07, 6.45) is 2.18. The predicted octanol–water partition coefficient (Wildman–Crippen LogP) is 6.74. The fourth-order valence-corrected chi connectivity index (χ4v) is 3.49. The third-order valence-electron chi connectivity index (χ3n) is 4.73. The lowest BCUT2D eigenvalue weighted by atomic mass is 9.82. The fraction of sp³-hybridized carbons (Fsp3) is 0.333. The van der Waals surface area contributed by atoms with Crippen molar-refractivity contribution in [3.63, 3.8) is 0 Å². The maximum atomic E-state index is 2.34. The zero-order valence-electron chi connectivity index (χ0n) is 16.3. The van der Waals surface area contributed by atoms with Crippen molar-refractivity contribution in [3.8, 4) is 16.9 Å². The van der Waals surface area contributed by atoms with Crippen molar-refractivity contribution >= 4 is 0 Å². The van der Waals surface area contributed by atoms with Crippen LogP contribution in [0.25, 0.3) is 16.9 Å². The number of hydrogen-bond acceptors (Lipinski definition) is 0. The van der Waals surface area contributed by atoms with Crippen molar-refractivity contribution in [2.24, 2.45) is 0 Å². The van der Waals surface area contributed by atoms with Gasteiger partial charge in [0.05, 0.1) is 5.69 Å². The molecule has 25 heavy (non-hydrogen) atoms. The molecule has 1 heterocycles. The van der Waals surface area contributed by atoms with Crippen LogP contribution in [0.15, 0.2) is 66.9 Å². The molecule has 0 saturated carbocycles. The van der Waals surface area contributed by atoms with E-state index >= 15 is 0 Å². The second kappa shape index (κ2) is 6.22. The molecule has 130 valence electrons. The molecule has 1 aromatic heterocycles. The van der Waals surface area contributed by atoms with Gasteiger partial charge in [0.1, 0.15) is 0 Å². The van der Waals surface area contributed by atoms with Crippen molar-refractivity contribution < 1.29 is 0 Å². The molecule has 0 bridgehead atoms. The standard InChI is InChI=1S/C24H29N/c1-23(2,3)19-13-8-7-12-18(19)21-16-11-17-25(21)22-15-10-9-14-20(22)24(4,5)6/h7-17H,1-6H3. The van der Waals surface area contributed by atoms with Gasteiger partial charge >= 0.3 is 0 Å². The lowest BCUT2D eigenvalue weighted by Gasteiger charge is -2.26. The number of para-hydroxylation sites is 1. The molecule has 0 radical (unpaired) electrons. The summed E-state index contributed by atoms with van der Waals surface area (Å²) < 4.78 is 2.34. The molecule has 0 aliphatic rings. The van der Waals surface area contributed by atoms with Crippen molar-refractivity contribution in [2.75, 3.05) is 0 Å². The number of aromatic nitrogens is 1. The molecule has 1 nitrogen and oxygen atoms in total. The van der Waals surface area contributed by atoms with Crippen LogP contribution in [-0.4, -0.2) is 4.57 Å². The SMILES string of the molecule is CC(C)(C)c1ccccc1-c1cccn1-c1ccccc1C(C)(C)C. The van der Waals surface area contributed by atoms with Gasteiger partial charge in [-0.05, 0) is 40.2 Å². The van der Waals surface area contributed by atoms with Gasteiger partial charge in [0.15, 0.2) is 0 Å². The normalized spacial score (nSPS) is 12.4. The van der Waals surface area contributed by atoms with Gasteiger partial charge in [0.2, 0.25) is 0 Å². The van der Waals surface area contributed by atoms with E-state index < -0.39 is 0 Å². The largest absolute Gasteiger partial charge is 0.316 e. The van der Waals surface area contributed by atoms with Gasteiger partial charge in [-0.1, -0.05) is 84.0 Å². The van der Waals surface area contributed by atoms with Crippen molar-refractivity contribution in [1.82, 2.24) is 4.57 Å². The molecule has 3 rings (SSSR count). The number of rotatable bonds is 2. The summed E-state index contributed by atoms with van der Waals surface area (Å²) in [5.74, 6) is 0. The van der Waals surface area contributed by atoms with Gasteiger partial charge in [-0.15, -0.1) is 0 Å². The molecule has 2 aromatic carbocycles. The van der Waals surface area contributed by atoms with Crippen molar-refractivity contribution in [2.45, 2.75) is 52.4 Å². The number of hydrogen-bond donors (Lipinski definition) is 0. The van der Waals surface area contributed by atoms with Gasteiger partial charge in [0, 0.05) is 17.4 Å². The summed E-state index contributed by atoms with van der Waals surface area (Å²) in [7, 11) is 0. The summed E-state index contributed by atoms with van der Waals surface area (Å²) in [4.78, 5) is 0. The van der Waals surface area contributed by atoms with E-state index in [4.69, 9.17) is 0 Å². The Balaban J connectivity index is 2.23. The maximum Gasteiger partial charge on any atom is 0.0531 e. The lowest BCUT2D eigenvalue weighted by molar-refractivity contribution is 0.585. The molecule has 0 saturated heterocycles. The Kier molecular flexibility index (Phi) is 4.36. The molecule has 1 heteroatoms. The number of nitrogens with zero attached hydrogens (tertiary/aromatic N) is 1. The Morgan fingerprint density at radius 3 is 1.80 bits per heavy atom. The summed E-state index contributed by atoms with van der Waals surface area (Å²) >= 11 is 0. The molecule has 3 aromatic rings. The highest BCUT2D eigenvalue weighted by Crippen LogP contribution is 2.36. The lowest BCUT2D eigenvalue weighted by Crippen LogP contribution is -2.16. The molecule has 0 atom stereocenters. The maximum absolute atomic E-state index is 2.34. The molecule has 0 unspecified atom stereocenters. The van der Waals surface area contributed by atoms with Crippen LogP contribution >= 0.6 is 0 Å². The van der Waals surface area contributed by atoms with Crippen LogP contribution < -0.4 is 0 Å². The molecule has 0 spiro atoms. The highest BCUT2D eigenvalue weighted by atomic mass is 15.0. The minimum Gasteiger partial charge on any atom is -0.316 e. The Bertz CT molecular complexity index is 797. The Morgan fingerprint density at radius 1 is 0.600 bits per heavy atom. The third kappa shape index (κ3) is 3.42. The molecular weight excluding hydrogens is 302 g/mol. The highest BCUT2D eigenvalue weighted by Gasteiger charge is 2.22.